The minimum Gasteiger partial charge on any atom is -0.463 e. The lowest BCUT2D eigenvalue weighted by Gasteiger charge is -2.64. The van der Waals surface area contributed by atoms with Crippen molar-refractivity contribution in [3.63, 3.8) is 0 Å². The zero-order valence-corrected chi connectivity index (χ0v) is 30.2. The molecular formula is C39H53ClN2O6. The summed E-state index contributed by atoms with van der Waals surface area (Å²) < 4.78 is 18.3. The Balaban J connectivity index is 1.21. The summed E-state index contributed by atoms with van der Waals surface area (Å²) in [6.07, 6.45) is 9.68. The average molecular weight is 681 g/mol. The summed E-state index contributed by atoms with van der Waals surface area (Å²) in [4.78, 5) is 41.6. The Kier molecular flexibility index (Phi) is 10.1. The van der Waals surface area contributed by atoms with Gasteiger partial charge >= 0.3 is 17.9 Å². The molecule has 262 valence electrons. The van der Waals surface area contributed by atoms with Crippen LogP contribution in [0.3, 0.4) is 0 Å². The summed E-state index contributed by atoms with van der Waals surface area (Å²) in [5.41, 5.74) is 1.73. The Morgan fingerprint density at radius 2 is 1.71 bits per heavy atom. The number of carbonyl (C=O) groups excluding carboxylic acids is 3. The van der Waals surface area contributed by atoms with Gasteiger partial charge in [0.2, 0.25) is 0 Å². The van der Waals surface area contributed by atoms with Crippen LogP contribution >= 0.6 is 11.6 Å². The molecule has 0 radical (unpaired) electrons. The van der Waals surface area contributed by atoms with Crippen LogP contribution < -0.4 is 5.32 Å². The highest BCUT2D eigenvalue weighted by atomic mass is 35.5. The number of halogens is 1. The second-order valence-corrected chi connectivity index (χ2v) is 16.3. The van der Waals surface area contributed by atoms with Crippen molar-refractivity contribution in [2.45, 2.75) is 118 Å². The van der Waals surface area contributed by atoms with Gasteiger partial charge in [0, 0.05) is 60.9 Å². The normalized spacial score (nSPS) is 36.2. The molecule has 1 N–H and O–H groups in total. The molecule has 4 saturated carbocycles. The summed E-state index contributed by atoms with van der Waals surface area (Å²) in [6.45, 7) is 12.5. The minimum absolute atomic E-state index is 0.00443. The SMILES string of the molecule is CC(=O)O[C@@H]1CC[C@@]2(C)[C@@H](C1)C[C@@H](OC(C)=O)[C@@H]1[C@@H]2C[C@H](OC(C)=O)[C@]2(C)[C@@H]([C@H](C)CCCNc3ccnc4cc(Cl)ccc34)CC[C@@H]12. The van der Waals surface area contributed by atoms with Crippen molar-refractivity contribution in [3.05, 3.63) is 35.5 Å². The van der Waals surface area contributed by atoms with Gasteiger partial charge in [0.1, 0.15) is 18.3 Å². The predicted molar refractivity (Wildman–Crippen MR) is 186 cm³/mol. The van der Waals surface area contributed by atoms with Gasteiger partial charge in [-0.2, -0.15) is 0 Å². The number of pyridine rings is 1. The number of fused-ring (bicyclic) bond motifs is 6. The van der Waals surface area contributed by atoms with E-state index in [0.29, 0.717) is 16.9 Å². The fraction of sp³-hybridized carbons (Fsp3) is 0.692. The van der Waals surface area contributed by atoms with Crippen molar-refractivity contribution in [1.82, 2.24) is 4.98 Å². The monoisotopic (exact) mass is 680 g/mol. The zero-order valence-electron chi connectivity index (χ0n) is 29.4. The molecule has 0 amide bonds. The van der Waals surface area contributed by atoms with Crippen LogP contribution in [0.1, 0.15) is 99.3 Å². The maximum atomic E-state index is 12.7. The zero-order chi connectivity index (χ0) is 34.4. The van der Waals surface area contributed by atoms with Crippen molar-refractivity contribution in [3.8, 4) is 0 Å². The number of hydrogen-bond donors (Lipinski definition) is 1. The van der Waals surface area contributed by atoms with Crippen LogP contribution in [0.2, 0.25) is 5.02 Å². The molecule has 11 atom stereocenters. The molecule has 8 nitrogen and oxygen atoms in total. The third-order valence-corrected chi connectivity index (χ3v) is 13.5. The molecule has 1 aromatic carbocycles. The summed E-state index contributed by atoms with van der Waals surface area (Å²) in [7, 11) is 0. The summed E-state index contributed by atoms with van der Waals surface area (Å²) in [5.74, 6) is 1.14. The number of hydrogen-bond acceptors (Lipinski definition) is 8. The van der Waals surface area contributed by atoms with E-state index in [0.717, 1.165) is 80.9 Å². The van der Waals surface area contributed by atoms with E-state index >= 15 is 0 Å². The fourth-order valence-corrected chi connectivity index (χ4v) is 11.4. The van der Waals surface area contributed by atoms with Crippen molar-refractivity contribution in [1.29, 1.82) is 0 Å². The number of nitrogens with one attached hydrogen (secondary N) is 1. The third kappa shape index (κ3) is 6.55. The Hall–Kier alpha value is -2.87. The van der Waals surface area contributed by atoms with Crippen LogP contribution in [-0.4, -0.2) is 47.7 Å². The third-order valence-electron chi connectivity index (χ3n) is 13.3. The van der Waals surface area contributed by atoms with Gasteiger partial charge in [-0.3, -0.25) is 19.4 Å². The van der Waals surface area contributed by atoms with Gasteiger partial charge in [-0.25, -0.2) is 0 Å². The lowest BCUT2D eigenvalue weighted by atomic mass is 9.43. The summed E-state index contributed by atoms with van der Waals surface area (Å²) in [6, 6.07) is 7.82. The summed E-state index contributed by atoms with van der Waals surface area (Å²) in [5, 5.41) is 5.37. The lowest BCUT2D eigenvalue weighted by molar-refractivity contribution is -0.224. The molecule has 4 aliphatic rings. The molecule has 1 heterocycles. The number of ether oxygens (including phenoxy) is 3. The largest absolute Gasteiger partial charge is 0.463 e. The Labute approximate surface area is 290 Å². The Morgan fingerprint density at radius 3 is 2.44 bits per heavy atom. The average Bonchev–Trinajstić information content (AvgIpc) is 3.37. The van der Waals surface area contributed by atoms with Crippen LogP contribution in [0.15, 0.2) is 30.5 Å². The van der Waals surface area contributed by atoms with Gasteiger partial charge in [-0.1, -0.05) is 32.4 Å². The topological polar surface area (TPSA) is 104 Å². The quantitative estimate of drug-likeness (QED) is 0.160. The highest BCUT2D eigenvalue weighted by Crippen LogP contribution is 2.69. The van der Waals surface area contributed by atoms with Crippen LogP contribution in [0.5, 0.6) is 0 Å². The van der Waals surface area contributed by atoms with E-state index < -0.39 is 0 Å². The number of benzene rings is 1. The number of rotatable bonds is 9. The minimum atomic E-state index is -0.240. The first-order valence-electron chi connectivity index (χ1n) is 18.1. The van der Waals surface area contributed by atoms with Crippen molar-refractivity contribution in [2.24, 2.45) is 46.3 Å². The molecule has 1 aromatic heterocycles. The van der Waals surface area contributed by atoms with Gasteiger partial charge < -0.3 is 19.5 Å². The first-order chi connectivity index (χ1) is 22.8. The molecule has 0 spiro atoms. The first-order valence-corrected chi connectivity index (χ1v) is 18.5. The molecule has 0 unspecified atom stereocenters. The molecule has 0 saturated heterocycles. The molecule has 4 aliphatic carbocycles. The standard InChI is InChI=1S/C39H53ClN2O6/c1-22(8-7-16-41-33-14-17-42-34-20-27(40)9-10-29(33)34)30-11-12-31-37-32(21-36(39(30,31)6)48-25(4)45)38(5)15-13-28(46-23(2)43)18-26(38)19-35(37)47-24(3)44/h9-10,14,17,20,22,26,28,30-32,35-37H,7-8,11-13,15-16,18-19,21H2,1-6H3,(H,41,42)/t22-,26+,28-,30-,31+,32+,35-,36+,37+,38+,39-/m1/s1. The molecule has 4 fully saturated rings. The van der Waals surface area contributed by atoms with Crippen molar-refractivity contribution >= 4 is 46.1 Å². The number of esters is 3. The van der Waals surface area contributed by atoms with E-state index in [1.165, 1.54) is 20.8 Å². The Morgan fingerprint density at radius 1 is 0.958 bits per heavy atom. The molecule has 6 rings (SSSR count). The van der Waals surface area contributed by atoms with E-state index in [1.807, 2.05) is 30.5 Å². The molecule has 0 bridgehead atoms. The smallest absolute Gasteiger partial charge is 0.302 e. The van der Waals surface area contributed by atoms with E-state index in [4.69, 9.17) is 25.8 Å². The van der Waals surface area contributed by atoms with Gasteiger partial charge in [-0.15, -0.1) is 0 Å². The highest BCUT2D eigenvalue weighted by molar-refractivity contribution is 6.31. The lowest BCUT2D eigenvalue weighted by Crippen LogP contribution is -2.63. The van der Waals surface area contributed by atoms with Gasteiger partial charge in [0.25, 0.3) is 0 Å². The molecule has 0 aliphatic heterocycles. The number of carbonyl (C=O) groups is 3. The van der Waals surface area contributed by atoms with E-state index in [1.54, 1.807) is 0 Å². The van der Waals surface area contributed by atoms with Crippen LogP contribution in [0.4, 0.5) is 5.69 Å². The maximum Gasteiger partial charge on any atom is 0.302 e. The van der Waals surface area contributed by atoms with E-state index in [9.17, 15) is 14.4 Å². The fourth-order valence-electron chi connectivity index (χ4n) is 11.2. The van der Waals surface area contributed by atoms with Crippen LogP contribution in [-0.2, 0) is 28.6 Å². The second kappa shape index (κ2) is 13.8. The highest BCUT2D eigenvalue weighted by Gasteiger charge is 2.67. The number of aromatic nitrogens is 1. The van der Waals surface area contributed by atoms with Gasteiger partial charge in [0.15, 0.2) is 0 Å². The van der Waals surface area contributed by atoms with Crippen molar-refractivity contribution < 1.29 is 28.6 Å². The van der Waals surface area contributed by atoms with E-state index in [2.05, 4.69) is 31.1 Å². The van der Waals surface area contributed by atoms with E-state index in [-0.39, 0.29) is 70.7 Å². The summed E-state index contributed by atoms with van der Waals surface area (Å²) >= 11 is 6.19. The molecular weight excluding hydrogens is 628 g/mol. The first kappa shape index (κ1) is 35.0. The maximum absolute atomic E-state index is 12.7. The van der Waals surface area contributed by atoms with Gasteiger partial charge in [-0.05, 0) is 117 Å². The number of anilines is 1. The molecule has 2 aromatic rings. The van der Waals surface area contributed by atoms with Crippen LogP contribution in [0, 0.1) is 46.3 Å². The number of nitrogens with zero attached hydrogens (tertiary/aromatic N) is 1. The van der Waals surface area contributed by atoms with Gasteiger partial charge in [0.05, 0.1) is 5.52 Å². The van der Waals surface area contributed by atoms with Crippen LogP contribution in [0.25, 0.3) is 10.9 Å². The second-order valence-electron chi connectivity index (χ2n) is 15.8. The Bertz CT molecular complexity index is 1530. The molecule has 9 heteroatoms. The van der Waals surface area contributed by atoms with Crippen molar-refractivity contribution in [2.75, 3.05) is 11.9 Å². The molecule has 48 heavy (non-hydrogen) atoms. The predicted octanol–water partition coefficient (Wildman–Crippen LogP) is 8.39.